The van der Waals surface area contributed by atoms with Crippen LogP contribution in [0.4, 0.5) is 0 Å². The maximum Gasteiger partial charge on any atom is 0.223 e. The second-order valence-corrected chi connectivity index (χ2v) is 4.84. The number of aromatic nitrogens is 2. The first-order valence-corrected chi connectivity index (χ1v) is 6.38. The molecule has 1 heterocycles. The minimum atomic E-state index is 0.576. The number of hydrogen-bond donors (Lipinski definition) is 0. The third-order valence-corrected chi connectivity index (χ3v) is 3.36. The van der Waals surface area contributed by atoms with E-state index in [4.69, 9.17) is 4.74 Å². The molecule has 3 rings (SSSR count). The zero-order valence-corrected chi connectivity index (χ0v) is 10.8. The number of ether oxygens (including phenoxy) is 1. The zero-order valence-electron chi connectivity index (χ0n) is 9.19. The first-order chi connectivity index (χ1) is 8.33. The van der Waals surface area contributed by atoms with Crippen LogP contribution < -0.4 is 4.74 Å². The Morgan fingerprint density at radius 2 is 2.12 bits per heavy atom. The summed E-state index contributed by atoms with van der Waals surface area (Å²) in [5.41, 5.74) is 2.72. The highest BCUT2D eigenvalue weighted by Gasteiger charge is 2.15. The van der Waals surface area contributed by atoms with Crippen LogP contribution in [0.15, 0.2) is 35.2 Å². The molecule has 0 unspecified atom stereocenters. The zero-order chi connectivity index (χ0) is 11.7. The van der Waals surface area contributed by atoms with Crippen LogP contribution in [0.5, 0.6) is 11.6 Å². The van der Waals surface area contributed by atoms with Crippen LogP contribution >= 0.6 is 15.9 Å². The molecule has 0 N–H and O–H groups in total. The Labute approximate surface area is 108 Å². The van der Waals surface area contributed by atoms with Crippen molar-refractivity contribution in [2.75, 3.05) is 0 Å². The van der Waals surface area contributed by atoms with Crippen molar-refractivity contribution in [1.82, 2.24) is 9.97 Å². The van der Waals surface area contributed by atoms with E-state index in [0.29, 0.717) is 5.88 Å². The molecule has 17 heavy (non-hydrogen) atoms. The second kappa shape index (κ2) is 4.45. The lowest BCUT2D eigenvalue weighted by atomic mass is 10.1. The van der Waals surface area contributed by atoms with Gasteiger partial charge >= 0.3 is 0 Å². The molecule has 0 amide bonds. The number of hydrogen-bond acceptors (Lipinski definition) is 3. The Morgan fingerprint density at radius 3 is 3.00 bits per heavy atom. The monoisotopic (exact) mass is 290 g/mol. The van der Waals surface area contributed by atoms with Crippen molar-refractivity contribution >= 4 is 15.9 Å². The van der Waals surface area contributed by atoms with E-state index >= 15 is 0 Å². The molecule has 0 radical (unpaired) electrons. The largest absolute Gasteiger partial charge is 0.439 e. The van der Waals surface area contributed by atoms with Crippen molar-refractivity contribution in [2.24, 2.45) is 0 Å². The summed E-state index contributed by atoms with van der Waals surface area (Å²) in [5, 5.41) is 0. The van der Waals surface area contributed by atoms with Gasteiger partial charge in [-0.3, -0.25) is 0 Å². The predicted molar refractivity (Wildman–Crippen MR) is 68.3 cm³/mol. The molecule has 0 saturated carbocycles. The van der Waals surface area contributed by atoms with Crippen molar-refractivity contribution < 1.29 is 4.74 Å². The number of rotatable bonds is 2. The first kappa shape index (κ1) is 10.7. The summed E-state index contributed by atoms with van der Waals surface area (Å²) >= 11 is 3.31. The standard InChI is InChI=1S/C13H11BrN2O/c14-12-7-13(16-8-15-12)17-11-6-2-4-9-3-1-5-10(9)11/h2,4,6-8H,1,3,5H2. The van der Waals surface area contributed by atoms with E-state index in [-0.39, 0.29) is 0 Å². The second-order valence-electron chi connectivity index (χ2n) is 4.03. The quantitative estimate of drug-likeness (QED) is 0.794. The maximum absolute atomic E-state index is 5.82. The van der Waals surface area contributed by atoms with Crippen LogP contribution in [0.2, 0.25) is 0 Å². The Hall–Kier alpha value is -1.42. The number of fused-ring (bicyclic) bond motifs is 1. The summed E-state index contributed by atoms with van der Waals surface area (Å²) < 4.78 is 6.55. The summed E-state index contributed by atoms with van der Waals surface area (Å²) in [5.74, 6) is 1.50. The summed E-state index contributed by atoms with van der Waals surface area (Å²) in [6, 6.07) is 7.98. The highest BCUT2D eigenvalue weighted by molar-refractivity contribution is 9.10. The Morgan fingerprint density at radius 1 is 1.18 bits per heavy atom. The minimum Gasteiger partial charge on any atom is -0.439 e. The van der Waals surface area contributed by atoms with Crippen LogP contribution in [0.25, 0.3) is 0 Å². The normalized spacial score (nSPS) is 13.5. The molecule has 0 aliphatic heterocycles. The molecule has 0 saturated heterocycles. The molecule has 0 atom stereocenters. The molecule has 4 heteroatoms. The summed E-state index contributed by atoms with van der Waals surface area (Å²) in [7, 11) is 0. The van der Waals surface area contributed by atoms with Crippen molar-refractivity contribution in [1.29, 1.82) is 0 Å². The highest BCUT2D eigenvalue weighted by atomic mass is 79.9. The van der Waals surface area contributed by atoms with Gasteiger partial charge in [0.2, 0.25) is 5.88 Å². The predicted octanol–water partition coefficient (Wildman–Crippen LogP) is 3.52. The van der Waals surface area contributed by atoms with Gasteiger partial charge in [-0.05, 0) is 52.4 Å². The lowest BCUT2D eigenvalue weighted by Gasteiger charge is -2.09. The molecular weight excluding hydrogens is 280 g/mol. The molecule has 86 valence electrons. The van der Waals surface area contributed by atoms with E-state index in [1.54, 1.807) is 6.07 Å². The van der Waals surface area contributed by atoms with Crippen molar-refractivity contribution in [3.8, 4) is 11.6 Å². The smallest absolute Gasteiger partial charge is 0.223 e. The van der Waals surface area contributed by atoms with Crippen LogP contribution in [-0.4, -0.2) is 9.97 Å². The van der Waals surface area contributed by atoms with Gasteiger partial charge in [-0.25, -0.2) is 9.97 Å². The SMILES string of the molecule is Brc1cc(Oc2cccc3c2CCC3)ncn1. The molecule has 1 aliphatic rings. The lowest BCUT2D eigenvalue weighted by molar-refractivity contribution is 0.456. The molecular formula is C13H11BrN2O. The fraction of sp³-hybridized carbons (Fsp3) is 0.231. The number of halogens is 1. The number of aryl methyl sites for hydroxylation is 1. The van der Waals surface area contributed by atoms with Gasteiger partial charge in [0.15, 0.2) is 0 Å². The van der Waals surface area contributed by atoms with Crippen LogP contribution in [0.3, 0.4) is 0 Å². The van der Waals surface area contributed by atoms with Crippen molar-refractivity contribution in [2.45, 2.75) is 19.3 Å². The summed E-state index contributed by atoms with van der Waals surface area (Å²) in [6.45, 7) is 0. The number of nitrogens with zero attached hydrogens (tertiary/aromatic N) is 2. The molecule has 0 spiro atoms. The van der Waals surface area contributed by atoms with E-state index in [2.05, 4.69) is 32.0 Å². The van der Waals surface area contributed by atoms with Gasteiger partial charge in [-0.1, -0.05) is 12.1 Å². The molecule has 1 aromatic heterocycles. The third kappa shape index (κ3) is 2.17. The van der Waals surface area contributed by atoms with Gasteiger partial charge in [-0.2, -0.15) is 0 Å². The van der Waals surface area contributed by atoms with Gasteiger partial charge in [0.25, 0.3) is 0 Å². The third-order valence-electron chi connectivity index (χ3n) is 2.93. The molecule has 3 nitrogen and oxygen atoms in total. The molecule has 1 aliphatic carbocycles. The van der Waals surface area contributed by atoms with E-state index in [1.807, 2.05) is 12.1 Å². The Kier molecular flexibility index (Phi) is 2.81. The summed E-state index contributed by atoms with van der Waals surface area (Å²) in [4.78, 5) is 8.08. The fourth-order valence-electron chi connectivity index (χ4n) is 2.17. The maximum atomic E-state index is 5.82. The minimum absolute atomic E-state index is 0.576. The fourth-order valence-corrected chi connectivity index (χ4v) is 2.45. The average Bonchev–Trinajstić information content (AvgIpc) is 2.78. The van der Waals surface area contributed by atoms with E-state index < -0.39 is 0 Å². The average molecular weight is 291 g/mol. The van der Waals surface area contributed by atoms with Crippen molar-refractivity contribution in [3.05, 3.63) is 46.3 Å². The number of benzene rings is 1. The van der Waals surface area contributed by atoms with Crippen LogP contribution in [-0.2, 0) is 12.8 Å². The topological polar surface area (TPSA) is 35.0 Å². The molecule has 1 aromatic carbocycles. The molecule has 2 aromatic rings. The Balaban J connectivity index is 1.93. The Bertz CT molecular complexity index is 557. The molecule has 0 bridgehead atoms. The van der Waals surface area contributed by atoms with Gasteiger partial charge in [0.05, 0.1) is 0 Å². The van der Waals surface area contributed by atoms with Crippen molar-refractivity contribution in [3.63, 3.8) is 0 Å². The van der Waals surface area contributed by atoms with Crippen LogP contribution in [0.1, 0.15) is 17.5 Å². The van der Waals surface area contributed by atoms with E-state index in [1.165, 1.54) is 23.9 Å². The molecule has 0 fully saturated rings. The van der Waals surface area contributed by atoms with Gasteiger partial charge in [-0.15, -0.1) is 0 Å². The van der Waals surface area contributed by atoms with Gasteiger partial charge in [0.1, 0.15) is 16.7 Å². The lowest BCUT2D eigenvalue weighted by Crippen LogP contribution is -1.93. The van der Waals surface area contributed by atoms with Gasteiger partial charge < -0.3 is 4.74 Å². The van der Waals surface area contributed by atoms with Gasteiger partial charge in [0, 0.05) is 6.07 Å². The van der Waals surface area contributed by atoms with Crippen LogP contribution in [0, 0.1) is 0 Å². The highest BCUT2D eigenvalue weighted by Crippen LogP contribution is 2.32. The van der Waals surface area contributed by atoms with E-state index in [9.17, 15) is 0 Å². The summed E-state index contributed by atoms with van der Waals surface area (Å²) in [6.07, 6.45) is 4.95. The first-order valence-electron chi connectivity index (χ1n) is 5.59. The van der Waals surface area contributed by atoms with E-state index in [0.717, 1.165) is 23.2 Å².